The first kappa shape index (κ1) is 20.8. The zero-order valence-electron chi connectivity index (χ0n) is 20.1. The number of fused-ring (bicyclic) bond motifs is 2. The smallest absolute Gasteiger partial charge is 0.144 e. The monoisotopic (exact) mass is 459 g/mol. The molecule has 35 heavy (non-hydrogen) atoms. The Morgan fingerprint density at radius 3 is 2.54 bits per heavy atom. The Morgan fingerprint density at radius 1 is 0.914 bits per heavy atom. The molecule has 2 aliphatic rings. The van der Waals surface area contributed by atoms with Crippen LogP contribution in [-0.4, -0.2) is 44.1 Å². The van der Waals surface area contributed by atoms with Crippen LogP contribution in [0, 0.1) is 12.8 Å². The van der Waals surface area contributed by atoms with Crippen molar-refractivity contribution >= 4 is 21.9 Å². The minimum atomic E-state index is 0.523. The van der Waals surface area contributed by atoms with E-state index in [1.54, 1.807) is 6.33 Å². The van der Waals surface area contributed by atoms with Crippen molar-refractivity contribution in [1.29, 1.82) is 0 Å². The fourth-order valence-electron chi connectivity index (χ4n) is 5.79. The Balaban J connectivity index is 1.27. The zero-order chi connectivity index (χ0) is 23.4. The molecule has 0 radical (unpaired) electrons. The van der Waals surface area contributed by atoms with Crippen LogP contribution in [0.5, 0.6) is 0 Å². The van der Waals surface area contributed by atoms with E-state index < -0.39 is 0 Å². The van der Waals surface area contributed by atoms with Crippen LogP contribution >= 0.6 is 0 Å². The summed E-state index contributed by atoms with van der Waals surface area (Å²) in [5, 5.41) is 2.32. The second-order valence-electron chi connectivity index (χ2n) is 10.2. The number of hydrogen-bond acceptors (Lipinski definition) is 4. The molecule has 1 saturated carbocycles. The van der Waals surface area contributed by atoms with Crippen LogP contribution < -0.4 is 0 Å². The lowest BCUT2D eigenvalue weighted by Crippen LogP contribution is -2.43. The minimum absolute atomic E-state index is 0.523. The van der Waals surface area contributed by atoms with Gasteiger partial charge in [0.15, 0.2) is 0 Å². The maximum absolute atomic E-state index is 5.01. The Kier molecular flexibility index (Phi) is 4.91. The Morgan fingerprint density at radius 2 is 1.74 bits per heavy atom. The molecule has 5 heteroatoms. The molecule has 4 heterocycles. The Labute approximate surface area is 205 Å². The summed E-state index contributed by atoms with van der Waals surface area (Å²) >= 11 is 0. The van der Waals surface area contributed by atoms with Gasteiger partial charge in [-0.1, -0.05) is 48.5 Å². The van der Waals surface area contributed by atoms with Gasteiger partial charge in [0.2, 0.25) is 0 Å². The number of hydrogen-bond donors (Lipinski definition) is 0. The van der Waals surface area contributed by atoms with Gasteiger partial charge in [0, 0.05) is 40.7 Å². The van der Waals surface area contributed by atoms with Gasteiger partial charge in [-0.2, -0.15) is 0 Å². The largest absolute Gasteiger partial charge is 0.329 e. The lowest BCUT2D eigenvalue weighted by molar-refractivity contribution is 0.0921. The molecule has 2 aromatic carbocycles. The first-order chi connectivity index (χ1) is 17.2. The van der Waals surface area contributed by atoms with Gasteiger partial charge in [-0.3, -0.25) is 0 Å². The number of nitrogens with zero attached hydrogens (tertiary/aromatic N) is 5. The van der Waals surface area contributed by atoms with Crippen LogP contribution in [0.15, 0.2) is 73.2 Å². The Hall–Kier alpha value is -3.57. The van der Waals surface area contributed by atoms with Gasteiger partial charge >= 0.3 is 0 Å². The molecule has 1 aliphatic carbocycles. The maximum atomic E-state index is 5.01. The van der Waals surface area contributed by atoms with Gasteiger partial charge in [0.1, 0.15) is 12.0 Å². The van der Waals surface area contributed by atoms with Gasteiger partial charge in [0.25, 0.3) is 0 Å². The van der Waals surface area contributed by atoms with Crippen molar-refractivity contribution in [3.8, 4) is 22.4 Å². The predicted octanol–water partition coefficient (Wildman–Crippen LogP) is 6.28. The van der Waals surface area contributed by atoms with E-state index >= 15 is 0 Å². The SMILES string of the molecule is Cc1ncnc2c1c(-c1ccc3ccc(-c4ccccc4)nc3c1)cn2C1CC(CN2CCC2)C1. The van der Waals surface area contributed by atoms with Gasteiger partial charge < -0.3 is 9.47 Å². The van der Waals surface area contributed by atoms with E-state index in [9.17, 15) is 0 Å². The lowest BCUT2D eigenvalue weighted by Gasteiger charge is -2.42. The summed E-state index contributed by atoms with van der Waals surface area (Å²) in [6.45, 7) is 5.92. The van der Waals surface area contributed by atoms with Gasteiger partial charge in [-0.05, 0) is 62.9 Å². The number of rotatable bonds is 5. The highest BCUT2D eigenvalue weighted by Gasteiger charge is 2.34. The molecular formula is C30H29N5. The molecule has 0 N–H and O–H groups in total. The van der Waals surface area contributed by atoms with E-state index in [2.05, 4.69) is 82.2 Å². The van der Waals surface area contributed by atoms with Crippen LogP contribution in [-0.2, 0) is 0 Å². The number of pyridine rings is 1. The summed E-state index contributed by atoms with van der Waals surface area (Å²) in [6.07, 6.45) is 7.87. The summed E-state index contributed by atoms with van der Waals surface area (Å²) in [4.78, 5) is 16.9. The maximum Gasteiger partial charge on any atom is 0.144 e. The second-order valence-corrected chi connectivity index (χ2v) is 10.2. The van der Waals surface area contributed by atoms with E-state index in [0.29, 0.717) is 6.04 Å². The molecule has 3 aromatic heterocycles. The van der Waals surface area contributed by atoms with E-state index in [-0.39, 0.29) is 0 Å². The molecule has 0 amide bonds. The molecule has 0 atom stereocenters. The van der Waals surface area contributed by atoms with E-state index in [0.717, 1.165) is 44.8 Å². The Bertz CT molecular complexity index is 1530. The van der Waals surface area contributed by atoms with E-state index in [4.69, 9.17) is 9.97 Å². The average Bonchev–Trinajstić information content (AvgIpc) is 3.22. The van der Waals surface area contributed by atoms with Crippen molar-refractivity contribution < 1.29 is 0 Å². The molecule has 0 unspecified atom stereocenters. The third-order valence-electron chi connectivity index (χ3n) is 7.94. The first-order valence-electron chi connectivity index (χ1n) is 12.7. The number of aromatic nitrogens is 4. The molecule has 2 fully saturated rings. The van der Waals surface area contributed by atoms with Gasteiger partial charge in [0.05, 0.1) is 16.9 Å². The van der Waals surface area contributed by atoms with Crippen molar-refractivity contribution in [2.75, 3.05) is 19.6 Å². The molecule has 174 valence electrons. The normalized spacial score (nSPS) is 20.1. The van der Waals surface area contributed by atoms with Crippen molar-refractivity contribution in [2.24, 2.45) is 5.92 Å². The van der Waals surface area contributed by atoms with Crippen LogP contribution in [0.4, 0.5) is 0 Å². The second kappa shape index (κ2) is 8.28. The van der Waals surface area contributed by atoms with E-state index in [1.807, 2.05) is 6.07 Å². The molecule has 0 spiro atoms. The lowest BCUT2D eigenvalue weighted by atomic mass is 9.79. The number of aryl methyl sites for hydroxylation is 1. The molecule has 0 bridgehead atoms. The minimum Gasteiger partial charge on any atom is -0.329 e. The van der Waals surface area contributed by atoms with Gasteiger partial charge in [-0.15, -0.1) is 0 Å². The standard InChI is InChI=1S/C30H29N5/c1-20-29-26(18-35(30(29)32-19-31-20)25-14-21(15-25)17-34-12-5-13-34)24-9-8-23-10-11-27(33-28(23)16-24)22-6-3-2-4-7-22/h2-4,6-11,16,18-19,21,25H,5,12-15,17H2,1H3. The van der Waals surface area contributed by atoms with Crippen LogP contribution in [0.1, 0.15) is 31.0 Å². The molecule has 1 aliphatic heterocycles. The fourth-order valence-corrected chi connectivity index (χ4v) is 5.79. The van der Waals surface area contributed by atoms with E-state index in [1.165, 1.54) is 50.0 Å². The van der Waals surface area contributed by atoms with Crippen molar-refractivity contribution in [3.63, 3.8) is 0 Å². The average molecular weight is 460 g/mol. The van der Waals surface area contributed by atoms with Gasteiger partial charge in [-0.25, -0.2) is 15.0 Å². The molecule has 7 rings (SSSR count). The number of benzene rings is 2. The zero-order valence-corrected chi connectivity index (χ0v) is 20.1. The van der Waals surface area contributed by atoms with Crippen molar-refractivity contribution in [2.45, 2.75) is 32.2 Å². The topological polar surface area (TPSA) is 46.8 Å². The summed E-state index contributed by atoms with van der Waals surface area (Å²) in [5.41, 5.74) is 7.62. The molecule has 5 nitrogen and oxygen atoms in total. The highest BCUT2D eigenvalue weighted by atomic mass is 15.2. The summed E-state index contributed by atoms with van der Waals surface area (Å²) in [6, 6.07) is 21.8. The first-order valence-corrected chi connectivity index (χ1v) is 12.7. The molecular weight excluding hydrogens is 430 g/mol. The van der Waals surface area contributed by atoms with Crippen molar-refractivity contribution in [1.82, 2.24) is 24.4 Å². The highest BCUT2D eigenvalue weighted by Crippen LogP contribution is 2.43. The quantitative estimate of drug-likeness (QED) is 0.310. The highest BCUT2D eigenvalue weighted by molar-refractivity contribution is 5.98. The fraction of sp³-hybridized carbons (Fsp3) is 0.300. The van der Waals surface area contributed by atoms with Crippen LogP contribution in [0.25, 0.3) is 44.3 Å². The summed E-state index contributed by atoms with van der Waals surface area (Å²) < 4.78 is 2.42. The summed E-state index contributed by atoms with van der Waals surface area (Å²) in [7, 11) is 0. The third kappa shape index (κ3) is 3.62. The molecule has 1 saturated heterocycles. The number of likely N-dealkylation sites (tertiary alicyclic amines) is 1. The van der Waals surface area contributed by atoms with Crippen molar-refractivity contribution in [3.05, 3.63) is 78.9 Å². The summed E-state index contributed by atoms with van der Waals surface area (Å²) in [5.74, 6) is 0.811. The molecule has 5 aromatic rings. The predicted molar refractivity (Wildman–Crippen MR) is 141 cm³/mol. The third-order valence-corrected chi connectivity index (χ3v) is 7.94. The van der Waals surface area contributed by atoms with Crippen LogP contribution in [0.3, 0.4) is 0 Å². The van der Waals surface area contributed by atoms with Crippen LogP contribution in [0.2, 0.25) is 0 Å².